The van der Waals surface area contributed by atoms with Gasteiger partial charge in [0.15, 0.2) is 0 Å². The van der Waals surface area contributed by atoms with Gasteiger partial charge >= 0.3 is 0 Å². The highest BCUT2D eigenvalue weighted by Gasteiger charge is 2.29. The predicted octanol–water partition coefficient (Wildman–Crippen LogP) is 1.64. The molecule has 2 unspecified atom stereocenters. The van der Waals surface area contributed by atoms with Gasteiger partial charge in [0.25, 0.3) is 0 Å². The first-order valence-electron chi connectivity index (χ1n) is 9.91. The Balaban J connectivity index is 1.97. The van der Waals surface area contributed by atoms with Crippen molar-refractivity contribution in [3.63, 3.8) is 0 Å². The van der Waals surface area contributed by atoms with Crippen molar-refractivity contribution in [2.75, 3.05) is 39.9 Å². The third-order valence-electron chi connectivity index (χ3n) is 5.56. The van der Waals surface area contributed by atoms with Crippen LogP contribution in [0, 0.1) is 5.92 Å². The van der Waals surface area contributed by atoms with Gasteiger partial charge in [0.1, 0.15) is 0 Å². The van der Waals surface area contributed by atoms with Crippen LogP contribution in [0.3, 0.4) is 0 Å². The molecule has 0 radical (unpaired) electrons. The lowest BCUT2D eigenvalue weighted by Gasteiger charge is -2.30. The second kappa shape index (κ2) is 10.1. The number of carbonyl (C=O) groups excluding carboxylic acids is 2. The Bertz CT molecular complexity index is 434. The number of ether oxygens (including phenoxy) is 1. The Morgan fingerprint density at radius 1 is 1.16 bits per heavy atom. The van der Waals surface area contributed by atoms with Crippen LogP contribution in [0.5, 0.6) is 0 Å². The zero-order valence-corrected chi connectivity index (χ0v) is 16.1. The van der Waals surface area contributed by atoms with E-state index in [1.807, 2.05) is 30.7 Å². The molecular weight excluding hydrogens is 318 g/mol. The summed E-state index contributed by atoms with van der Waals surface area (Å²) in [5.74, 6) is 0.0606. The molecule has 0 aromatic heterocycles. The Kier molecular flexibility index (Phi) is 8.16. The fraction of sp³-hybridized carbons (Fsp3) is 0.895. The monoisotopic (exact) mass is 353 g/mol. The lowest BCUT2D eigenvalue weighted by atomic mass is 9.95. The number of nitrogens with zero attached hydrogens (tertiary/aromatic N) is 2. The van der Waals surface area contributed by atoms with E-state index in [4.69, 9.17) is 4.74 Å². The van der Waals surface area contributed by atoms with Gasteiger partial charge in [-0.15, -0.1) is 0 Å². The molecule has 0 spiro atoms. The fourth-order valence-corrected chi connectivity index (χ4v) is 3.94. The van der Waals surface area contributed by atoms with Gasteiger partial charge in [0.05, 0.1) is 0 Å². The third-order valence-corrected chi connectivity index (χ3v) is 5.56. The first-order chi connectivity index (χ1) is 12.0. The molecule has 2 saturated heterocycles. The van der Waals surface area contributed by atoms with Crippen LogP contribution in [0.1, 0.15) is 52.4 Å². The standard InChI is InChI=1S/C19H35N3O3/c1-4-22(5-2)19(24)15-7-6-8-17(14-21(3)18(23)13-15)20-16-9-11-25-12-10-16/h15-17,20H,4-14H2,1-3H3. The molecule has 2 aliphatic rings. The second-order valence-electron chi connectivity index (χ2n) is 7.37. The van der Waals surface area contributed by atoms with Crippen molar-refractivity contribution in [3.8, 4) is 0 Å². The maximum Gasteiger partial charge on any atom is 0.226 e. The van der Waals surface area contributed by atoms with Gasteiger partial charge in [-0.25, -0.2) is 0 Å². The molecule has 2 aliphatic heterocycles. The number of hydrogen-bond acceptors (Lipinski definition) is 4. The summed E-state index contributed by atoms with van der Waals surface area (Å²) >= 11 is 0. The maximum atomic E-state index is 12.7. The minimum absolute atomic E-state index is 0.0891. The SMILES string of the molecule is CCN(CC)C(=O)C1CCCC(NC2CCOCC2)CN(C)C(=O)C1. The van der Waals surface area contributed by atoms with Crippen LogP contribution >= 0.6 is 0 Å². The zero-order chi connectivity index (χ0) is 18.2. The van der Waals surface area contributed by atoms with Gasteiger partial charge in [0.2, 0.25) is 11.8 Å². The quantitative estimate of drug-likeness (QED) is 0.816. The van der Waals surface area contributed by atoms with Crippen LogP contribution in [0.15, 0.2) is 0 Å². The summed E-state index contributed by atoms with van der Waals surface area (Å²) in [5.41, 5.74) is 0. The number of rotatable bonds is 5. The molecule has 1 N–H and O–H groups in total. The highest BCUT2D eigenvalue weighted by atomic mass is 16.5. The van der Waals surface area contributed by atoms with Crippen LogP contribution in [0.4, 0.5) is 0 Å². The number of likely N-dealkylation sites (N-methyl/N-ethyl adjacent to an activating group) is 1. The van der Waals surface area contributed by atoms with Crippen molar-refractivity contribution >= 4 is 11.8 Å². The molecule has 6 heteroatoms. The van der Waals surface area contributed by atoms with Crippen molar-refractivity contribution in [1.82, 2.24) is 15.1 Å². The first kappa shape index (κ1) is 20.2. The normalized spacial score (nSPS) is 26.7. The molecule has 144 valence electrons. The average molecular weight is 354 g/mol. The molecule has 0 aromatic carbocycles. The summed E-state index contributed by atoms with van der Waals surface area (Å²) in [7, 11) is 1.87. The smallest absolute Gasteiger partial charge is 0.226 e. The summed E-state index contributed by atoms with van der Waals surface area (Å²) in [6.45, 7) is 7.78. The number of nitrogens with one attached hydrogen (secondary N) is 1. The minimum Gasteiger partial charge on any atom is -0.381 e. The van der Waals surface area contributed by atoms with E-state index >= 15 is 0 Å². The largest absolute Gasteiger partial charge is 0.381 e. The maximum absolute atomic E-state index is 12.7. The number of hydrogen-bond donors (Lipinski definition) is 1. The Morgan fingerprint density at radius 2 is 1.84 bits per heavy atom. The average Bonchev–Trinajstić information content (AvgIpc) is 2.67. The van der Waals surface area contributed by atoms with Crippen molar-refractivity contribution in [1.29, 1.82) is 0 Å². The lowest BCUT2D eigenvalue weighted by molar-refractivity contribution is -0.140. The summed E-state index contributed by atoms with van der Waals surface area (Å²) in [4.78, 5) is 29.0. The Hall–Kier alpha value is -1.14. The number of amides is 2. The fourth-order valence-electron chi connectivity index (χ4n) is 3.94. The van der Waals surface area contributed by atoms with Crippen LogP contribution in [-0.4, -0.2) is 73.6 Å². The van der Waals surface area contributed by atoms with E-state index in [1.54, 1.807) is 0 Å². The van der Waals surface area contributed by atoms with Crippen molar-refractivity contribution in [2.45, 2.75) is 64.5 Å². The molecule has 2 rings (SSSR count). The third kappa shape index (κ3) is 5.96. The highest BCUT2D eigenvalue weighted by molar-refractivity contribution is 5.85. The molecular formula is C19H35N3O3. The molecule has 2 amide bonds. The van der Waals surface area contributed by atoms with Crippen LogP contribution in [0.25, 0.3) is 0 Å². The van der Waals surface area contributed by atoms with Gasteiger partial charge in [-0.1, -0.05) is 6.42 Å². The molecule has 0 saturated carbocycles. The topological polar surface area (TPSA) is 61.9 Å². The van der Waals surface area contributed by atoms with E-state index in [-0.39, 0.29) is 17.7 Å². The van der Waals surface area contributed by atoms with Gasteiger partial charge in [-0.05, 0) is 39.5 Å². The predicted molar refractivity (Wildman–Crippen MR) is 98.3 cm³/mol. The van der Waals surface area contributed by atoms with E-state index in [0.717, 1.165) is 51.9 Å². The van der Waals surface area contributed by atoms with E-state index in [9.17, 15) is 9.59 Å². The van der Waals surface area contributed by atoms with Crippen molar-refractivity contribution in [3.05, 3.63) is 0 Å². The zero-order valence-electron chi connectivity index (χ0n) is 16.1. The molecule has 0 aromatic rings. The van der Waals surface area contributed by atoms with Crippen LogP contribution in [0.2, 0.25) is 0 Å². The van der Waals surface area contributed by atoms with Gasteiger partial charge < -0.3 is 19.9 Å². The van der Waals surface area contributed by atoms with Crippen molar-refractivity contribution < 1.29 is 14.3 Å². The summed E-state index contributed by atoms with van der Waals surface area (Å²) < 4.78 is 5.43. The van der Waals surface area contributed by atoms with Gasteiger partial charge in [0, 0.05) is 64.3 Å². The van der Waals surface area contributed by atoms with E-state index in [0.29, 0.717) is 31.6 Å². The van der Waals surface area contributed by atoms with E-state index in [2.05, 4.69) is 5.32 Å². The van der Waals surface area contributed by atoms with Crippen LogP contribution < -0.4 is 5.32 Å². The molecule has 25 heavy (non-hydrogen) atoms. The minimum atomic E-state index is -0.170. The van der Waals surface area contributed by atoms with E-state index < -0.39 is 0 Å². The molecule has 2 atom stereocenters. The second-order valence-corrected chi connectivity index (χ2v) is 7.37. The van der Waals surface area contributed by atoms with Crippen LogP contribution in [-0.2, 0) is 14.3 Å². The molecule has 0 aliphatic carbocycles. The Labute approximate surface area is 152 Å². The lowest BCUT2D eigenvalue weighted by Crippen LogP contribution is -2.47. The summed E-state index contributed by atoms with van der Waals surface area (Å²) in [5, 5.41) is 3.72. The first-order valence-corrected chi connectivity index (χ1v) is 9.91. The van der Waals surface area contributed by atoms with Gasteiger partial charge in [-0.2, -0.15) is 0 Å². The van der Waals surface area contributed by atoms with E-state index in [1.165, 1.54) is 0 Å². The van der Waals surface area contributed by atoms with Gasteiger partial charge in [-0.3, -0.25) is 9.59 Å². The number of carbonyl (C=O) groups is 2. The summed E-state index contributed by atoms with van der Waals surface area (Å²) in [6.07, 6.45) is 5.22. The molecule has 2 fully saturated rings. The Morgan fingerprint density at radius 3 is 2.48 bits per heavy atom. The van der Waals surface area contributed by atoms with Crippen molar-refractivity contribution in [2.24, 2.45) is 5.92 Å². The summed E-state index contributed by atoms with van der Waals surface area (Å²) in [6, 6.07) is 0.787. The molecule has 2 heterocycles. The molecule has 0 bridgehead atoms. The molecule has 6 nitrogen and oxygen atoms in total. The highest BCUT2D eigenvalue weighted by Crippen LogP contribution is 2.21.